The van der Waals surface area contributed by atoms with Crippen LogP contribution in [0.15, 0.2) is 11.4 Å². The summed E-state index contributed by atoms with van der Waals surface area (Å²) in [7, 11) is 0. The lowest BCUT2D eigenvalue weighted by Crippen LogP contribution is -2.33. The third-order valence-corrected chi connectivity index (χ3v) is 3.69. The topological polar surface area (TPSA) is 57.6 Å². The lowest BCUT2D eigenvalue weighted by atomic mass is 10.1. The van der Waals surface area contributed by atoms with Crippen molar-refractivity contribution in [3.8, 4) is 0 Å². The number of carbonyl (C=O) groups excluding carboxylic acids is 1. The van der Waals surface area contributed by atoms with Crippen molar-refractivity contribution in [3.63, 3.8) is 0 Å². The van der Waals surface area contributed by atoms with Gasteiger partial charge in [0.2, 0.25) is 0 Å². The smallest absolute Gasteiger partial charge is 0.346 e. The normalized spacial score (nSPS) is 17.6. The molecule has 0 aromatic carbocycles. The van der Waals surface area contributed by atoms with Gasteiger partial charge in [0, 0.05) is 32.5 Å². The highest BCUT2D eigenvalue weighted by Gasteiger charge is 2.19. The zero-order valence-electron chi connectivity index (χ0n) is 8.81. The summed E-state index contributed by atoms with van der Waals surface area (Å²) in [5.74, 6) is -0.557. The van der Waals surface area contributed by atoms with Gasteiger partial charge in [0.25, 0.3) is 0 Å². The van der Waals surface area contributed by atoms with E-state index in [0.29, 0.717) is 30.0 Å². The maximum Gasteiger partial charge on any atom is 0.346 e. The van der Waals surface area contributed by atoms with E-state index in [-0.39, 0.29) is 0 Å². The Bertz CT molecular complexity index is 403. The number of piperidine rings is 1. The van der Waals surface area contributed by atoms with Crippen molar-refractivity contribution in [2.75, 3.05) is 13.1 Å². The number of rotatable bonds is 3. The highest BCUT2D eigenvalue weighted by atomic mass is 32.1. The standard InChI is InChI=1S/C11H13NO3S/c13-9-1-4-12(5-2-9)7-8-3-6-16-10(8)11(14)15/h3,6H,1-2,4-5,7H2,(H,14,15). The van der Waals surface area contributed by atoms with Gasteiger partial charge in [0.15, 0.2) is 0 Å². The molecule has 86 valence electrons. The molecule has 4 nitrogen and oxygen atoms in total. The fourth-order valence-corrected chi connectivity index (χ4v) is 2.60. The zero-order chi connectivity index (χ0) is 11.5. The number of Topliss-reactive ketones (excluding diaryl/α,β-unsaturated/α-hetero) is 1. The Hall–Kier alpha value is -1.20. The Morgan fingerprint density at radius 3 is 2.75 bits per heavy atom. The molecule has 0 atom stereocenters. The number of hydrogen-bond acceptors (Lipinski definition) is 4. The highest BCUT2D eigenvalue weighted by Crippen LogP contribution is 2.20. The first-order valence-corrected chi connectivity index (χ1v) is 6.08. The number of carbonyl (C=O) groups is 2. The van der Waals surface area contributed by atoms with Crippen LogP contribution in [-0.2, 0) is 11.3 Å². The minimum absolute atomic E-state index is 0.306. The van der Waals surface area contributed by atoms with Gasteiger partial charge in [-0.25, -0.2) is 4.79 Å². The predicted octanol–water partition coefficient (Wildman–Crippen LogP) is 1.61. The van der Waals surface area contributed by atoms with Crippen LogP contribution in [0.3, 0.4) is 0 Å². The number of carboxylic acid groups (broad SMARTS) is 1. The van der Waals surface area contributed by atoms with Gasteiger partial charge in [-0.05, 0) is 17.0 Å². The average molecular weight is 239 g/mol. The van der Waals surface area contributed by atoms with E-state index in [1.54, 1.807) is 5.38 Å². The van der Waals surface area contributed by atoms with Crippen molar-refractivity contribution in [1.29, 1.82) is 0 Å². The molecule has 1 aromatic heterocycles. The second-order valence-corrected chi connectivity index (χ2v) is 4.81. The van der Waals surface area contributed by atoms with E-state index >= 15 is 0 Å². The minimum atomic E-state index is -0.863. The number of thiophene rings is 1. The molecule has 1 aliphatic rings. The maximum atomic E-state index is 11.1. The maximum absolute atomic E-state index is 11.1. The number of aromatic carboxylic acids is 1. The quantitative estimate of drug-likeness (QED) is 0.870. The first-order valence-electron chi connectivity index (χ1n) is 5.20. The summed E-state index contributed by atoms with van der Waals surface area (Å²) in [6, 6.07) is 1.85. The largest absolute Gasteiger partial charge is 0.477 e. The van der Waals surface area contributed by atoms with Crippen molar-refractivity contribution in [3.05, 3.63) is 21.9 Å². The third kappa shape index (κ3) is 2.48. The molecular weight excluding hydrogens is 226 g/mol. The van der Waals surface area contributed by atoms with E-state index < -0.39 is 5.97 Å². The Kier molecular flexibility index (Phi) is 3.36. The second-order valence-electron chi connectivity index (χ2n) is 3.89. The van der Waals surface area contributed by atoms with Gasteiger partial charge in [-0.3, -0.25) is 9.69 Å². The third-order valence-electron chi connectivity index (χ3n) is 2.75. The summed E-state index contributed by atoms with van der Waals surface area (Å²) in [6.45, 7) is 2.12. The van der Waals surface area contributed by atoms with E-state index in [9.17, 15) is 9.59 Å². The number of carboxylic acids is 1. The van der Waals surface area contributed by atoms with Gasteiger partial charge >= 0.3 is 5.97 Å². The second kappa shape index (κ2) is 4.76. The predicted molar refractivity (Wildman–Crippen MR) is 60.8 cm³/mol. The van der Waals surface area contributed by atoms with Crippen LogP contribution in [-0.4, -0.2) is 34.8 Å². The first kappa shape index (κ1) is 11.3. The van der Waals surface area contributed by atoms with Crippen LogP contribution >= 0.6 is 11.3 Å². The molecule has 16 heavy (non-hydrogen) atoms. The van der Waals surface area contributed by atoms with Gasteiger partial charge in [0.05, 0.1) is 0 Å². The van der Waals surface area contributed by atoms with Crippen LogP contribution < -0.4 is 0 Å². The van der Waals surface area contributed by atoms with Crippen molar-refractivity contribution in [2.45, 2.75) is 19.4 Å². The number of nitrogens with zero attached hydrogens (tertiary/aromatic N) is 1. The summed E-state index contributed by atoms with van der Waals surface area (Å²) < 4.78 is 0. The van der Waals surface area contributed by atoms with Crippen molar-refractivity contribution in [2.24, 2.45) is 0 Å². The molecule has 1 fully saturated rings. The zero-order valence-corrected chi connectivity index (χ0v) is 9.63. The van der Waals surface area contributed by atoms with Crippen LogP contribution in [0.1, 0.15) is 28.1 Å². The molecular formula is C11H13NO3S. The van der Waals surface area contributed by atoms with E-state index in [4.69, 9.17) is 5.11 Å². The van der Waals surface area contributed by atoms with Crippen molar-refractivity contribution < 1.29 is 14.7 Å². The highest BCUT2D eigenvalue weighted by molar-refractivity contribution is 7.12. The molecule has 2 heterocycles. The SMILES string of the molecule is O=C1CCN(Cc2ccsc2C(=O)O)CC1. The van der Waals surface area contributed by atoms with E-state index in [2.05, 4.69) is 4.90 Å². The molecule has 1 aromatic rings. The Balaban J connectivity index is 2.01. The van der Waals surface area contributed by atoms with Gasteiger partial charge in [-0.1, -0.05) is 0 Å². The van der Waals surface area contributed by atoms with Crippen LogP contribution in [0.4, 0.5) is 0 Å². The van der Waals surface area contributed by atoms with Crippen molar-refractivity contribution >= 4 is 23.1 Å². The van der Waals surface area contributed by atoms with Gasteiger partial charge in [-0.2, -0.15) is 0 Å². The van der Waals surface area contributed by atoms with Crippen LogP contribution in [0.5, 0.6) is 0 Å². The van der Waals surface area contributed by atoms with E-state index in [1.807, 2.05) is 6.07 Å². The van der Waals surface area contributed by atoms with E-state index in [1.165, 1.54) is 11.3 Å². The van der Waals surface area contributed by atoms with Crippen LogP contribution in [0.2, 0.25) is 0 Å². The van der Waals surface area contributed by atoms with Crippen LogP contribution in [0, 0.1) is 0 Å². The molecule has 0 unspecified atom stereocenters. The Labute approximate surface area is 97.5 Å². The van der Waals surface area contributed by atoms with Gasteiger partial charge in [0.1, 0.15) is 10.7 Å². The summed E-state index contributed by atoms with van der Waals surface area (Å²) >= 11 is 1.25. The fraction of sp³-hybridized carbons (Fsp3) is 0.455. The summed E-state index contributed by atoms with van der Waals surface area (Å²) in [4.78, 5) is 24.5. The van der Waals surface area contributed by atoms with Crippen molar-refractivity contribution in [1.82, 2.24) is 4.90 Å². The minimum Gasteiger partial charge on any atom is -0.477 e. The molecule has 2 rings (SSSR count). The Morgan fingerprint density at radius 1 is 1.44 bits per heavy atom. The molecule has 0 bridgehead atoms. The van der Waals surface area contributed by atoms with Gasteiger partial charge < -0.3 is 5.11 Å². The summed E-state index contributed by atoms with van der Waals surface area (Å²) in [5, 5.41) is 10.8. The molecule has 1 saturated heterocycles. The molecule has 1 aliphatic heterocycles. The first-order chi connectivity index (χ1) is 7.66. The van der Waals surface area contributed by atoms with Gasteiger partial charge in [-0.15, -0.1) is 11.3 Å². The summed E-state index contributed by atoms with van der Waals surface area (Å²) in [6.07, 6.45) is 1.18. The molecule has 1 N–H and O–H groups in total. The lowest BCUT2D eigenvalue weighted by Gasteiger charge is -2.25. The number of ketones is 1. The summed E-state index contributed by atoms with van der Waals surface area (Å²) in [5.41, 5.74) is 0.854. The molecule has 0 amide bonds. The molecule has 0 aliphatic carbocycles. The molecule has 0 radical (unpaired) electrons. The molecule has 0 saturated carbocycles. The lowest BCUT2D eigenvalue weighted by molar-refractivity contribution is -0.121. The monoisotopic (exact) mass is 239 g/mol. The van der Waals surface area contributed by atoms with E-state index in [0.717, 1.165) is 18.7 Å². The molecule has 0 spiro atoms. The van der Waals surface area contributed by atoms with Crippen LogP contribution in [0.25, 0.3) is 0 Å². The average Bonchev–Trinajstić information content (AvgIpc) is 2.69. The number of hydrogen-bond donors (Lipinski definition) is 1. The Morgan fingerprint density at radius 2 is 2.12 bits per heavy atom. The fourth-order valence-electron chi connectivity index (χ4n) is 1.85. The molecule has 5 heteroatoms. The number of likely N-dealkylation sites (tertiary alicyclic amines) is 1.